The fraction of sp³-hybridized carbons (Fsp3) is 0.588. The predicted molar refractivity (Wildman–Crippen MR) is 89.8 cm³/mol. The Labute approximate surface area is 138 Å². The van der Waals surface area contributed by atoms with E-state index in [1.807, 2.05) is 13.0 Å². The molecular formula is C17H24N2O3S. The Morgan fingerprint density at radius 3 is 2.65 bits per heavy atom. The van der Waals surface area contributed by atoms with E-state index in [9.17, 15) is 13.2 Å². The van der Waals surface area contributed by atoms with E-state index in [0.29, 0.717) is 6.42 Å². The third-order valence-electron chi connectivity index (χ3n) is 5.17. The molecule has 0 saturated carbocycles. The van der Waals surface area contributed by atoms with Crippen molar-refractivity contribution < 1.29 is 13.2 Å². The summed E-state index contributed by atoms with van der Waals surface area (Å²) in [7, 11) is -1.23. The van der Waals surface area contributed by atoms with E-state index in [1.165, 1.54) is 11.1 Å². The van der Waals surface area contributed by atoms with Gasteiger partial charge in [0, 0.05) is 26.2 Å². The molecule has 1 aromatic carbocycles. The normalized spacial score (nSPS) is 24.9. The number of amides is 1. The van der Waals surface area contributed by atoms with Gasteiger partial charge in [0.05, 0.1) is 17.5 Å². The van der Waals surface area contributed by atoms with Crippen molar-refractivity contribution in [1.29, 1.82) is 0 Å². The predicted octanol–water partition coefficient (Wildman–Crippen LogP) is 1.08. The maximum atomic E-state index is 12.7. The van der Waals surface area contributed by atoms with Crippen molar-refractivity contribution >= 4 is 15.7 Å². The maximum absolute atomic E-state index is 12.7. The highest BCUT2D eigenvalue weighted by Gasteiger charge is 2.35. The first-order valence-electron chi connectivity index (χ1n) is 8.15. The summed E-state index contributed by atoms with van der Waals surface area (Å²) >= 11 is 0. The summed E-state index contributed by atoms with van der Waals surface area (Å²) in [4.78, 5) is 16.6. The molecule has 6 heteroatoms. The number of benzene rings is 1. The molecule has 0 aromatic heterocycles. The molecule has 1 fully saturated rings. The highest BCUT2D eigenvalue weighted by atomic mass is 32.2. The van der Waals surface area contributed by atoms with Crippen LogP contribution in [-0.2, 0) is 27.6 Å². The molecular weight excluding hydrogens is 312 g/mol. The van der Waals surface area contributed by atoms with E-state index in [1.54, 1.807) is 11.9 Å². The molecule has 1 saturated heterocycles. The van der Waals surface area contributed by atoms with Crippen LogP contribution in [0.4, 0.5) is 0 Å². The molecule has 0 aliphatic carbocycles. The third-order valence-corrected chi connectivity index (χ3v) is 6.92. The van der Waals surface area contributed by atoms with Crippen LogP contribution in [0.25, 0.3) is 0 Å². The maximum Gasteiger partial charge on any atom is 0.239 e. The Bertz CT molecular complexity index is 702. The molecule has 3 rings (SSSR count). The summed E-state index contributed by atoms with van der Waals surface area (Å²) in [5.41, 5.74) is 2.64. The third kappa shape index (κ3) is 3.43. The molecule has 2 atom stereocenters. The van der Waals surface area contributed by atoms with Gasteiger partial charge in [-0.1, -0.05) is 24.3 Å². The Morgan fingerprint density at radius 1 is 1.30 bits per heavy atom. The van der Waals surface area contributed by atoms with E-state index < -0.39 is 9.84 Å². The molecule has 1 amide bonds. The molecule has 2 aliphatic rings. The summed E-state index contributed by atoms with van der Waals surface area (Å²) in [6.45, 7) is 3.57. The Hall–Kier alpha value is -1.40. The van der Waals surface area contributed by atoms with Crippen LogP contribution in [0.15, 0.2) is 24.3 Å². The molecule has 0 bridgehead atoms. The molecule has 2 heterocycles. The minimum absolute atomic E-state index is 0.0199. The lowest BCUT2D eigenvalue weighted by molar-refractivity contribution is -0.137. The molecule has 0 N–H and O–H groups in total. The van der Waals surface area contributed by atoms with Crippen LogP contribution < -0.4 is 0 Å². The second-order valence-electron chi connectivity index (χ2n) is 6.67. The first-order chi connectivity index (χ1) is 10.9. The van der Waals surface area contributed by atoms with Gasteiger partial charge in [-0.05, 0) is 30.9 Å². The summed E-state index contributed by atoms with van der Waals surface area (Å²) in [6, 6.07) is 7.95. The molecule has 1 aromatic rings. The highest BCUT2D eigenvalue weighted by molar-refractivity contribution is 7.91. The topological polar surface area (TPSA) is 57.7 Å². The minimum Gasteiger partial charge on any atom is -0.340 e. The number of fused-ring (bicyclic) bond motifs is 1. The van der Waals surface area contributed by atoms with Gasteiger partial charge in [-0.15, -0.1) is 0 Å². The molecule has 0 unspecified atom stereocenters. The molecule has 0 radical (unpaired) electrons. The van der Waals surface area contributed by atoms with Crippen molar-refractivity contribution in [3.8, 4) is 0 Å². The fourth-order valence-corrected chi connectivity index (χ4v) is 5.33. The first kappa shape index (κ1) is 16.5. The zero-order valence-electron chi connectivity index (χ0n) is 13.7. The molecule has 5 nitrogen and oxygen atoms in total. The average molecular weight is 336 g/mol. The second kappa shape index (κ2) is 6.24. The van der Waals surface area contributed by atoms with Gasteiger partial charge in [0.15, 0.2) is 9.84 Å². The largest absolute Gasteiger partial charge is 0.340 e. The van der Waals surface area contributed by atoms with E-state index in [4.69, 9.17) is 0 Å². The van der Waals surface area contributed by atoms with Crippen LogP contribution in [0.1, 0.15) is 24.5 Å². The number of sulfone groups is 1. The molecule has 0 spiro atoms. The van der Waals surface area contributed by atoms with E-state index in [0.717, 1.165) is 19.5 Å². The van der Waals surface area contributed by atoms with Crippen molar-refractivity contribution in [2.24, 2.45) is 0 Å². The smallest absolute Gasteiger partial charge is 0.239 e. The molecule has 23 heavy (non-hydrogen) atoms. The zero-order valence-corrected chi connectivity index (χ0v) is 14.6. The van der Waals surface area contributed by atoms with Gasteiger partial charge < -0.3 is 4.90 Å². The minimum atomic E-state index is -2.97. The van der Waals surface area contributed by atoms with Gasteiger partial charge in [-0.25, -0.2) is 8.42 Å². The average Bonchev–Trinajstić information content (AvgIpc) is 2.92. The van der Waals surface area contributed by atoms with Crippen molar-refractivity contribution in [2.75, 3.05) is 25.1 Å². The van der Waals surface area contributed by atoms with Crippen LogP contribution >= 0.6 is 0 Å². The van der Waals surface area contributed by atoms with E-state index in [2.05, 4.69) is 23.1 Å². The van der Waals surface area contributed by atoms with Crippen LogP contribution in [0.2, 0.25) is 0 Å². The lowest BCUT2D eigenvalue weighted by atomic mass is 9.98. The number of carbonyl (C=O) groups is 1. The highest BCUT2D eigenvalue weighted by Crippen LogP contribution is 2.22. The molecule has 2 aliphatic heterocycles. The quantitative estimate of drug-likeness (QED) is 0.829. The zero-order chi connectivity index (χ0) is 16.6. The summed E-state index contributed by atoms with van der Waals surface area (Å²) in [5, 5.41) is 0. The number of hydrogen-bond donors (Lipinski definition) is 0. The van der Waals surface area contributed by atoms with Crippen LogP contribution in [-0.4, -0.2) is 61.3 Å². The van der Waals surface area contributed by atoms with Gasteiger partial charge in [0.25, 0.3) is 0 Å². The standard InChI is InChI=1S/C17H24N2O3S/c1-13(17(20)18(2)16-8-10-23(21,22)12-16)19-9-7-14-5-3-4-6-15(14)11-19/h3-6,13,16H,7-12H2,1-2H3/t13-,16+/m1/s1. The number of likely N-dealkylation sites (N-methyl/N-ethyl adjacent to an activating group) is 1. The van der Waals surface area contributed by atoms with Gasteiger partial charge in [-0.3, -0.25) is 9.69 Å². The van der Waals surface area contributed by atoms with Crippen molar-refractivity contribution in [2.45, 2.75) is 38.4 Å². The number of hydrogen-bond acceptors (Lipinski definition) is 4. The van der Waals surface area contributed by atoms with Gasteiger partial charge in [0.2, 0.25) is 5.91 Å². The van der Waals surface area contributed by atoms with Crippen LogP contribution in [0.5, 0.6) is 0 Å². The van der Waals surface area contributed by atoms with Crippen molar-refractivity contribution in [1.82, 2.24) is 9.80 Å². The Balaban J connectivity index is 1.66. The van der Waals surface area contributed by atoms with E-state index in [-0.39, 0.29) is 29.5 Å². The summed E-state index contributed by atoms with van der Waals surface area (Å²) in [6.07, 6.45) is 1.51. The summed E-state index contributed by atoms with van der Waals surface area (Å²) < 4.78 is 23.3. The number of carbonyl (C=O) groups excluding carboxylic acids is 1. The van der Waals surface area contributed by atoms with Gasteiger partial charge in [-0.2, -0.15) is 0 Å². The SMILES string of the molecule is C[C@H](C(=O)N(C)[C@H]1CCS(=O)(=O)C1)N1CCc2ccccc2C1. The Morgan fingerprint density at radius 2 is 2.00 bits per heavy atom. The number of rotatable bonds is 3. The van der Waals surface area contributed by atoms with Crippen molar-refractivity contribution in [3.63, 3.8) is 0 Å². The van der Waals surface area contributed by atoms with Crippen LogP contribution in [0.3, 0.4) is 0 Å². The summed E-state index contributed by atoms with van der Waals surface area (Å²) in [5.74, 6) is 0.317. The lowest BCUT2D eigenvalue weighted by Crippen LogP contribution is -2.50. The van der Waals surface area contributed by atoms with Crippen LogP contribution in [0, 0.1) is 0 Å². The Kier molecular flexibility index (Phi) is 4.47. The van der Waals surface area contributed by atoms with Crippen molar-refractivity contribution in [3.05, 3.63) is 35.4 Å². The number of nitrogens with zero attached hydrogens (tertiary/aromatic N) is 2. The molecule has 126 valence electrons. The lowest BCUT2D eigenvalue weighted by Gasteiger charge is -2.36. The van der Waals surface area contributed by atoms with Gasteiger partial charge >= 0.3 is 0 Å². The fourth-order valence-electron chi connectivity index (χ4n) is 3.56. The monoisotopic (exact) mass is 336 g/mol. The van der Waals surface area contributed by atoms with Gasteiger partial charge in [0.1, 0.15) is 0 Å². The van der Waals surface area contributed by atoms with E-state index >= 15 is 0 Å². The first-order valence-corrected chi connectivity index (χ1v) is 9.97. The second-order valence-corrected chi connectivity index (χ2v) is 8.90.